The molecule has 1 aliphatic rings. The molecule has 0 bridgehead atoms. The number of carbonyl (C=O) groups is 6. The van der Waals surface area contributed by atoms with E-state index in [2.05, 4.69) is 129 Å². The Morgan fingerprint density at radius 1 is 0.271 bits per heavy atom. The number of aryl methyl sites for hydroxylation is 14. The molecule has 6 amide bonds. The van der Waals surface area contributed by atoms with E-state index < -0.39 is 6.43 Å². The number of nitrogens with one attached hydrogen (secondary N) is 6. The molecular weight excluding hydrogens is 1760 g/mol. The van der Waals surface area contributed by atoms with Gasteiger partial charge < -0.3 is 69.8 Å². The van der Waals surface area contributed by atoms with Crippen LogP contribution < -0.4 is 69.8 Å². The molecular formula is C118H142F2N6O14. The lowest BCUT2D eigenvalue weighted by atomic mass is 10.0. The predicted octanol–water partition coefficient (Wildman–Crippen LogP) is 28.5. The van der Waals surface area contributed by atoms with E-state index in [1.807, 2.05) is 242 Å². The van der Waals surface area contributed by atoms with Gasteiger partial charge in [-0.2, -0.15) is 0 Å². The predicted molar refractivity (Wildman–Crippen MR) is 562 cm³/mol. The molecule has 1 saturated carbocycles. The summed E-state index contributed by atoms with van der Waals surface area (Å²) in [5.41, 5.74) is 26.5. The minimum atomic E-state index is -2.67. The van der Waals surface area contributed by atoms with Crippen molar-refractivity contribution >= 4 is 69.6 Å². The first-order chi connectivity index (χ1) is 67.1. The normalized spacial score (nSPS) is 11.0. The fourth-order valence-electron chi connectivity index (χ4n) is 15.1. The molecule has 0 unspecified atom stereocenters. The number of carbonyl (C=O) groups excluding carboxylic acids is 6. The van der Waals surface area contributed by atoms with Gasteiger partial charge in [0.2, 0.25) is 35.4 Å². The Morgan fingerprint density at radius 2 is 0.529 bits per heavy atom. The highest BCUT2D eigenvalue weighted by molar-refractivity contribution is 5.96. The molecule has 13 rings (SSSR count). The lowest BCUT2D eigenvalue weighted by Crippen LogP contribution is -2.14. The van der Waals surface area contributed by atoms with E-state index in [1.54, 1.807) is 26.2 Å². The van der Waals surface area contributed by atoms with Crippen molar-refractivity contribution in [3.8, 4) is 46.0 Å². The Bertz CT molecular complexity index is 5920. The highest BCUT2D eigenvalue weighted by Crippen LogP contribution is 2.45. The van der Waals surface area contributed by atoms with Gasteiger partial charge in [-0.25, -0.2) is 8.78 Å². The molecule has 22 heteroatoms. The molecule has 1 aliphatic carbocycles. The van der Waals surface area contributed by atoms with Crippen molar-refractivity contribution in [1.29, 1.82) is 0 Å². The third-order valence-corrected chi connectivity index (χ3v) is 23.1. The van der Waals surface area contributed by atoms with Gasteiger partial charge in [-0.1, -0.05) is 252 Å². The highest BCUT2D eigenvalue weighted by Gasteiger charge is 2.29. The molecule has 1 fully saturated rings. The molecule has 0 radical (unpaired) electrons. The van der Waals surface area contributed by atoms with Crippen LogP contribution in [0, 0.1) is 90.0 Å². The largest absolute Gasteiger partial charge is 0.495 e. The van der Waals surface area contributed by atoms with E-state index in [0.29, 0.717) is 112 Å². The molecule has 0 aliphatic heterocycles. The van der Waals surface area contributed by atoms with Crippen LogP contribution in [0.15, 0.2) is 218 Å². The molecule has 140 heavy (non-hydrogen) atoms. The van der Waals surface area contributed by atoms with Crippen molar-refractivity contribution in [3.05, 3.63) is 341 Å². The Hall–Kier alpha value is -14.3. The minimum Gasteiger partial charge on any atom is -0.495 e. The third kappa shape index (κ3) is 34.7. The van der Waals surface area contributed by atoms with E-state index in [-0.39, 0.29) is 59.7 Å². The molecule has 0 atom stereocenters. The Morgan fingerprint density at radius 3 is 0.843 bits per heavy atom. The zero-order chi connectivity index (χ0) is 102. The number of alkyl halides is 2. The molecule has 0 saturated heterocycles. The van der Waals surface area contributed by atoms with Gasteiger partial charge in [0, 0.05) is 77.5 Å². The summed E-state index contributed by atoms with van der Waals surface area (Å²) in [5.74, 6) is 6.59. The van der Waals surface area contributed by atoms with E-state index in [0.717, 1.165) is 130 Å². The van der Waals surface area contributed by atoms with Gasteiger partial charge >= 0.3 is 0 Å². The van der Waals surface area contributed by atoms with Gasteiger partial charge in [0.15, 0.2) is 0 Å². The lowest BCUT2D eigenvalue weighted by Gasteiger charge is -2.17. The van der Waals surface area contributed by atoms with E-state index >= 15 is 0 Å². The van der Waals surface area contributed by atoms with Gasteiger partial charge in [-0.3, -0.25) is 28.8 Å². The molecule has 0 heterocycles. The Kier molecular flexibility index (Phi) is 44.9. The van der Waals surface area contributed by atoms with Gasteiger partial charge in [0.25, 0.3) is 6.43 Å². The molecule has 0 aromatic heterocycles. The van der Waals surface area contributed by atoms with Crippen molar-refractivity contribution in [2.24, 2.45) is 0 Å². The second kappa shape index (κ2) is 56.6. The maximum absolute atomic E-state index is 13.2. The highest BCUT2D eigenvalue weighted by atomic mass is 19.3. The number of halogens is 2. The molecule has 20 nitrogen and oxygen atoms in total. The second-order valence-corrected chi connectivity index (χ2v) is 34.7. The van der Waals surface area contributed by atoms with Crippen LogP contribution in [0.2, 0.25) is 0 Å². The second-order valence-electron chi connectivity index (χ2n) is 34.7. The summed E-state index contributed by atoms with van der Waals surface area (Å²) in [6, 6.07) is 70.6. The average molecular weight is 1910 g/mol. The number of hydrogen-bond donors (Lipinski definition) is 6. The summed E-state index contributed by atoms with van der Waals surface area (Å²) >= 11 is 0. The van der Waals surface area contributed by atoms with E-state index in [1.165, 1.54) is 52.3 Å². The van der Waals surface area contributed by atoms with Crippen molar-refractivity contribution in [3.63, 3.8) is 0 Å². The summed E-state index contributed by atoms with van der Waals surface area (Å²) in [7, 11) is 1.59. The lowest BCUT2D eigenvalue weighted by molar-refractivity contribution is -0.116. The number of para-hydroxylation sites is 6. The SMILES string of the molecule is CCC(=O)Nc1c(C)cccc1COc1ccc(C)cc1C.CCC(=O)Nc1c(CC)cccc1COc1ccc(C)cc1C.CCC(=O)Nc1c(COc2ccc(C)cc2C)cccc1C(F)F.CCC(=O)Nc1c(COc2ccc(C)cc2C)cccc1C1CC1.CCC(=O)Nc1c(COc2ccc(C)cc2C)cccc1OC.CCOc1cccc(COc2ccc(C)cc2C)c1NC(=O)CC. The summed E-state index contributed by atoms with van der Waals surface area (Å²) in [4.78, 5) is 70.7. The molecule has 6 N–H and O–H groups in total. The zero-order valence-electron chi connectivity index (χ0n) is 85.7. The first kappa shape index (κ1) is 111. The summed E-state index contributed by atoms with van der Waals surface area (Å²) < 4.78 is 73.1. The molecule has 742 valence electrons. The van der Waals surface area contributed by atoms with Crippen LogP contribution in [0.3, 0.4) is 0 Å². The number of rotatable bonds is 36. The number of amides is 6. The van der Waals surface area contributed by atoms with Gasteiger partial charge in [0.05, 0.1) is 47.8 Å². The van der Waals surface area contributed by atoms with Crippen LogP contribution in [-0.4, -0.2) is 49.2 Å². The van der Waals surface area contributed by atoms with E-state index in [4.69, 9.17) is 37.9 Å². The van der Waals surface area contributed by atoms with Crippen molar-refractivity contribution in [1.82, 2.24) is 0 Å². The Labute approximate surface area is 827 Å². The monoisotopic (exact) mass is 1910 g/mol. The quantitative estimate of drug-likeness (QED) is 0.0214. The third-order valence-electron chi connectivity index (χ3n) is 23.1. The molecule has 12 aromatic carbocycles. The number of methoxy groups -OCH3 is 1. The number of anilines is 6. The molecule has 12 aromatic rings. The van der Waals surface area contributed by atoms with Gasteiger partial charge in [0.1, 0.15) is 85.6 Å². The number of benzene rings is 12. The summed E-state index contributed by atoms with van der Waals surface area (Å²) in [5, 5.41) is 17.5. The number of hydrogen-bond acceptors (Lipinski definition) is 14. The fraction of sp³-hybridized carbons (Fsp3) is 0.339. The summed E-state index contributed by atoms with van der Waals surface area (Å²) in [6.45, 7) is 44.0. The van der Waals surface area contributed by atoms with Crippen LogP contribution in [-0.2, 0) is 74.8 Å². The first-order valence-electron chi connectivity index (χ1n) is 48.3. The van der Waals surface area contributed by atoms with Crippen molar-refractivity contribution in [2.75, 3.05) is 45.6 Å². The van der Waals surface area contributed by atoms with Crippen LogP contribution >= 0.6 is 0 Å². The maximum atomic E-state index is 13.2. The van der Waals surface area contributed by atoms with Crippen molar-refractivity contribution in [2.45, 2.75) is 255 Å². The fourth-order valence-corrected chi connectivity index (χ4v) is 15.1. The van der Waals surface area contributed by atoms with Crippen molar-refractivity contribution < 1.29 is 75.4 Å². The van der Waals surface area contributed by atoms with Crippen LogP contribution in [0.5, 0.6) is 46.0 Å². The van der Waals surface area contributed by atoms with Crippen LogP contribution in [0.1, 0.15) is 241 Å². The Balaban J connectivity index is 0.000000206. The van der Waals surface area contributed by atoms with Crippen LogP contribution in [0.25, 0.3) is 0 Å². The van der Waals surface area contributed by atoms with Crippen LogP contribution in [0.4, 0.5) is 42.9 Å². The van der Waals surface area contributed by atoms with E-state index in [9.17, 15) is 37.5 Å². The number of ether oxygens (including phenoxy) is 8. The first-order valence-corrected chi connectivity index (χ1v) is 48.3. The average Bonchev–Trinajstić information content (AvgIpc) is 1.61. The molecule has 0 spiro atoms. The minimum absolute atomic E-state index is 0.0158. The standard InChI is InChI=1S/C21H25NO2.C20H25NO3.C20H25NO2.C19H21F2NO2.C19H23NO3.C19H23NO2/c1-4-20(23)22-21-17(6-5-7-18(21)16-9-10-16)13-24-19-11-8-14(2)12-15(19)3;1-5-19(22)21-20-16(8-7-9-18(20)23-6-2)13-24-17-11-10-14(3)12-15(17)4;1-5-16-8-7-9-17(20(16)21-19(22)6-2)13-23-18-11-10-14(3)12-15(18)4;1-4-17(23)22-18-14(6-5-7-15(18)19(20)21)11-24-16-9-8-12(2)10-13(16)3;1-5-18(21)20-19-15(7-6-8-17(19)22-4)12-23-16-10-9-13(2)11-14(16)3;1-5-18(21)20-19-14(3)7-6-8-16(19)12-22-17-10-9-13(2)11-15(17)4/h5-8,11-12,16H,4,9-10,13H2,1-3H3,(H,22,23);7-12H,5-6,13H2,1-4H3,(H,21,22);7-12H,5-6,13H2,1-4H3,(H,21,22);5-10,19H,4,11H2,1-3H3,(H,22,23);6-11H,5,12H2,1-4H3,(H,20,21);6-11H,5,12H2,1-4H3,(H,20,21). The zero-order valence-corrected chi connectivity index (χ0v) is 85.7. The summed E-state index contributed by atoms with van der Waals surface area (Å²) in [6.07, 6.45) is 3.07. The van der Waals surface area contributed by atoms with Gasteiger partial charge in [-0.05, 0) is 221 Å². The maximum Gasteiger partial charge on any atom is 0.265 e. The van der Waals surface area contributed by atoms with Gasteiger partial charge in [-0.15, -0.1) is 0 Å². The smallest absolute Gasteiger partial charge is 0.265 e. The topological polar surface area (TPSA) is 248 Å².